The lowest BCUT2D eigenvalue weighted by molar-refractivity contribution is -0.269. The maximum Gasteiger partial charge on any atom is 0.422 e. The lowest BCUT2D eigenvalue weighted by atomic mass is 9.88. The number of amides is 2. The average molecular weight is 532 g/mol. The SMILES string of the molecule is COC(=O)[C@H](C[C@@H]1CC(c2ccc(C(O)(CC(=O)O)C(F)(F)F)cc2)NC1=O)NC(=O)[C@@H](N)CC(C)C. The number of carbonyl (C=O) groups is 4. The van der Waals surface area contributed by atoms with Crippen molar-refractivity contribution in [1.29, 1.82) is 0 Å². The Bertz CT molecular complexity index is 1000. The van der Waals surface area contributed by atoms with Crippen LogP contribution in [-0.2, 0) is 29.5 Å². The number of esters is 1. The van der Waals surface area contributed by atoms with Crippen LogP contribution in [-0.4, -0.2) is 59.3 Å². The number of hydrogen-bond acceptors (Lipinski definition) is 7. The second kappa shape index (κ2) is 11.9. The first-order chi connectivity index (χ1) is 17.1. The molecule has 0 radical (unpaired) electrons. The minimum atomic E-state index is -5.23. The normalized spacial score (nSPS) is 21.1. The number of carboxylic acid groups (broad SMARTS) is 1. The van der Waals surface area contributed by atoms with Crippen molar-refractivity contribution in [2.75, 3.05) is 7.11 Å². The molecular formula is C24H32F3N3O7. The van der Waals surface area contributed by atoms with Crippen molar-refractivity contribution in [1.82, 2.24) is 10.6 Å². The molecular weight excluding hydrogens is 499 g/mol. The maximum absolute atomic E-state index is 13.4. The summed E-state index contributed by atoms with van der Waals surface area (Å²) < 4.78 is 45.0. The van der Waals surface area contributed by atoms with E-state index in [9.17, 15) is 37.5 Å². The molecule has 1 heterocycles. The first-order valence-corrected chi connectivity index (χ1v) is 11.6. The highest BCUT2D eigenvalue weighted by molar-refractivity contribution is 5.88. The molecule has 1 fully saturated rings. The van der Waals surface area contributed by atoms with E-state index in [2.05, 4.69) is 10.6 Å². The third kappa shape index (κ3) is 7.41. The van der Waals surface area contributed by atoms with Crippen molar-refractivity contribution in [2.45, 2.75) is 69.4 Å². The van der Waals surface area contributed by atoms with E-state index in [1.54, 1.807) is 0 Å². The molecule has 1 aromatic rings. The van der Waals surface area contributed by atoms with E-state index < -0.39 is 71.6 Å². The van der Waals surface area contributed by atoms with E-state index in [-0.39, 0.29) is 18.8 Å². The van der Waals surface area contributed by atoms with Gasteiger partial charge in [0.05, 0.1) is 25.6 Å². The minimum absolute atomic E-state index is 0.0837. The number of hydrogen-bond donors (Lipinski definition) is 5. The highest BCUT2D eigenvalue weighted by Gasteiger charge is 2.56. The zero-order valence-corrected chi connectivity index (χ0v) is 20.7. The fourth-order valence-electron chi connectivity index (χ4n) is 4.27. The third-order valence-corrected chi connectivity index (χ3v) is 6.26. The largest absolute Gasteiger partial charge is 0.481 e. The Hall–Kier alpha value is -3.19. The van der Waals surface area contributed by atoms with E-state index in [0.717, 1.165) is 19.2 Å². The average Bonchev–Trinajstić information content (AvgIpc) is 3.16. The molecule has 1 saturated heterocycles. The van der Waals surface area contributed by atoms with Gasteiger partial charge in [0.2, 0.25) is 11.8 Å². The van der Waals surface area contributed by atoms with Crippen molar-refractivity contribution in [2.24, 2.45) is 17.6 Å². The Balaban J connectivity index is 2.15. The first kappa shape index (κ1) is 30.0. The van der Waals surface area contributed by atoms with Crippen LogP contribution in [0.5, 0.6) is 0 Å². The van der Waals surface area contributed by atoms with Gasteiger partial charge in [-0.3, -0.25) is 14.4 Å². The van der Waals surface area contributed by atoms with E-state index in [4.69, 9.17) is 15.6 Å². The van der Waals surface area contributed by atoms with Gasteiger partial charge in [-0.05, 0) is 36.3 Å². The van der Waals surface area contributed by atoms with Gasteiger partial charge in [-0.2, -0.15) is 13.2 Å². The van der Waals surface area contributed by atoms with Crippen molar-refractivity contribution >= 4 is 23.8 Å². The summed E-state index contributed by atoms with van der Waals surface area (Å²) in [5.74, 6) is -4.16. The van der Waals surface area contributed by atoms with Crippen molar-refractivity contribution in [3.05, 3.63) is 35.4 Å². The molecule has 2 amide bonds. The highest BCUT2D eigenvalue weighted by atomic mass is 19.4. The van der Waals surface area contributed by atoms with Crippen LogP contribution in [0.3, 0.4) is 0 Å². The number of nitrogens with two attached hydrogens (primary N) is 1. The van der Waals surface area contributed by atoms with Crippen LogP contribution in [0.2, 0.25) is 0 Å². The fraction of sp³-hybridized carbons (Fsp3) is 0.583. The number of aliphatic hydroxyl groups is 1. The lowest BCUT2D eigenvalue weighted by Gasteiger charge is -2.29. The monoisotopic (exact) mass is 531 g/mol. The molecule has 206 valence electrons. The molecule has 37 heavy (non-hydrogen) atoms. The number of ether oxygens (including phenoxy) is 1. The Morgan fingerprint density at radius 2 is 1.81 bits per heavy atom. The maximum atomic E-state index is 13.4. The van der Waals surface area contributed by atoms with Crippen molar-refractivity contribution in [3.8, 4) is 0 Å². The summed E-state index contributed by atoms with van der Waals surface area (Å²) in [7, 11) is 1.14. The lowest BCUT2D eigenvalue weighted by Crippen LogP contribution is -2.50. The molecule has 5 atom stereocenters. The standard InChI is InChI=1S/C24H32F3N3O7/c1-12(2)8-16(28)21(34)30-18(22(35)37-3)10-14-9-17(29-20(14)33)13-4-6-15(7-5-13)23(36,11-19(31)32)24(25,26)27/h4-7,12,14,16-18,36H,8-11,28H2,1-3H3,(H,29,33)(H,30,34)(H,31,32)/t14-,16-,17?,18-,23?/m0/s1. The number of aliphatic carboxylic acids is 1. The number of benzene rings is 1. The molecule has 13 heteroatoms. The number of methoxy groups -OCH3 is 1. The van der Waals surface area contributed by atoms with Gasteiger partial charge in [0.1, 0.15) is 6.04 Å². The molecule has 1 aromatic carbocycles. The van der Waals surface area contributed by atoms with Crippen LogP contribution in [0.1, 0.15) is 56.7 Å². The van der Waals surface area contributed by atoms with E-state index in [1.165, 1.54) is 12.1 Å². The van der Waals surface area contributed by atoms with Gasteiger partial charge in [0.25, 0.3) is 0 Å². The molecule has 1 aliphatic rings. The molecule has 2 unspecified atom stereocenters. The summed E-state index contributed by atoms with van der Waals surface area (Å²) in [6, 6.07) is 1.81. The molecule has 10 nitrogen and oxygen atoms in total. The fourth-order valence-corrected chi connectivity index (χ4v) is 4.27. The summed E-state index contributed by atoms with van der Waals surface area (Å²) in [6.07, 6.45) is -6.33. The Kier molecular flexibility index (Phi) is 9.66. The Morgan fingerprint density at radius 1 is 1.22 bits per heavy atom. The zero-order valence-electron chi connectivity index (χ0n) is 20.7. The Labute approximate surface area is 211 Å². The second-order valence-corrected chi connectivity index (χ2v) is 9.60. The van der Waals surface area contributed by atoms with Crippen LogP contribution in [0, 0.1) is 11.8 Å². The summed E-state index contributed by atoms with van der Waals surface area (Å²) in [5.41, 5.74) is 2.05. The number of alkyl halides is 3. The predicted molar refractivity (Wildman–Crippen MR) is 124 cm³/mol. The zero-order chi connectivity index (χ0) is 28.1. The molecule has 2 rings (SSSR count). The summed E-state index contributed by atoms with van der Waals surface area (Å²) in [4.78, 5) is 48.2. The van der Waals surface area contributed by atoms with Crippen molar-refractivity contribution in [3.63, 3.8) is 0 Å². The van der Waals surface area contributed by atoms with Crippen molar-refractivity contribution < 1.29 is 47.3 Å². The topological polar surface area (TPSA) is 168 Å². The molecule has 1 aliphatic heterocycles. The minimum Gasteiger partial charge on any atom is -0.481 e. The molecule has 0 spiro atoms. The summed E-state index contributed by atoms with van der Waals surface area (Å²) in [5, 5.41) is 24.2. The van der Waals surface area contributed by atoms with Gasteiger partial charge in [0.15, 0.2) is 5.60 Å². The first-order valence-electron chi connectivity index (χ1n) is 11.6. The van der Waals surface area contributed by atoms with E-state index in [1.807, 2.05) is 13.8 Å². The Morgan fingerprint density at radius 3 is 2.30 bits per heavy atom. The van der Waals surface area contributed by atoms with Crippen LogP contribution < -0.4 is 16.4 Å². The third-order valence-electron chi connectivity index (χ3n) is 6.26. The predicted octanol–water partition coefficient (Wildman–Crippen LogP) is 1.51. The number of nitrogens with one attached hydrogen (secondary N) is 2. The molecule has 0 aromatic heterocycles. The number of halogens is 3. The smallest absolute Gasteiger partial charge is 0.422 e. The van der Waals surface area contributed by atoms with Crippen LogP contribution >= 0.6 is 0 Å². The second-order valence-electron chi connectivity index (χ2n) is 9.60. The number of carboxylic acids is 1. The highest BCUT2D eigenvalue weighted by Crippen LogP contribution is 2.42. The summed E-state index contributed by atoms with van der Waals surface area (Å²) >= 11 is 0. The van der Waals surface area contributed by atoms with Gasteiger partial charge >= 0.3 is 18.1 Å². The molecule has 0 saturated carbocycles. The van der Waals surface area contributed by atoms with E-state index in [0.29, 0.717) is 12.0 Å². The van der Waals surface area contributed by atoms with E-state index >= 15 is 0 Å². The van der Waals surface area contributed by atoms with Gasteiger partial charge in [-0.1, -0.05) is 38.1 Å². The number of carbonyl (C=O) groups excluding carboxylic acids is 3. The van der Waals surface area contributed by atoms with Crippen LogP contribution in [0.25, 0.3) is 0 Å². The van der Waals surface area contributed by atoms with Gasteiger partial charge < -0.3 is 31.3 Å². The van der Waals surface area contributed by atoms with Crippen LogP contribution in [0.4, 0.5) is 13.2 Å². The quantitative estimate of drug-likeness (QED) is 0.268. The molecule has 6 N–H and O–H groups in total. The van der Waals surface area contributed by atoms with Crippen LogP contribution in [0.15, 0.2) is 24.3 Å². The van der Waals surface area contributed by atoms with Gasteiger partial charge in [-0.25, -0.2) is 4.79 Å². The van der Waals surface area contributed by atoms with Gasteiger partial charge in [-0.15, -0.1) is 0 Å². The number of rotatable bonds is 11. The molecule has 0 aliphatic carbocycles. The summed E-state index contributed by atoms with van der Waals surface area (Å²) in [6.45, 7) is 3.77. The van der Waals surface area contributed by atoms with Gasteiger partial charge in [0, 0.05) is 5.92 Å². The molecule has 0 bridgehead atoms.